The van der Waals surface area contributed by atoms with Gasteiger partial charge < -0.3 is 25.4 Å². The van der Waals surface area contributed by atoms with Gasteiger partial charge in [-0.1, -0.05) is 36.4 Å². The van der Waals surface area contributed by atoms with E-state index in [1.807, 2.05) is 51.1 Å². The Morgan fingerprint density at radius 2 is 1.61 bits per heavy atom. The third kappa shape index (κ3) is 8.59. The number of likely N-dealkylation sites (N-methyl/N-ethyl adjacent to an activating group) is 1. The third-order valence-electron chi connectivity index (χ3n) is 5.29. The minimum absolute atomic E-state index is 0.0938. The van der Waals surface area contributed by atoms with E-state index in [4.69, 9.17) is 4.74 Å². The van der Waals surface area contributed by atoms with E-state index >= 15 is 0 Å². The number of hydrogen-bond donors (Lipinski definition) is 3. The topological polar surface area (TPSA) is 108 Å². The van der Waals surface area contributed by atoms with Crippen molar-refractivity contribution in [3.05, 3.63) is 65.2 Å². The highest BCUT2D eigenvalue weighted by atomic mass is 16.6. The summed E-state index contributed by atoms with van der Waals surface area (Å²) in [7, 11) is 1.53. The van der Waals surface area contributed by atoms with Crippen molar-refractivity contribution in [3.63, 3.8) is 0 Å². The molecule has 0 radical (unpaired) electrons. The summed E-state index contributed by atoms with van der Waals surface area (Å²) in [6, 6.07) is 12.1. The number of nitrogens with zero attached hydrogens (tertiary/aromatic N) is 1. The molecule has 0 aliphatic carbocycles. The van der Waals surface area contributed by atoms with Gasteiger partial charge in [-0.05, 0) is 77.3 Å². The summed E-state index contributed by atoms with van der Waals surface area (Å²) >= 11 is 0. The molecular weight excluding hydrogens is 458 g/mol. The standard InChI is InChI=1S/C28H39N3O5/c1-18-16-20(14-15-22(18)32)23(24(33)30-27(2,3)4)31(8)25(34)21(17-19-12-10-9-11-13-19)29-26(35)36-28(5,6)7/h9-16,21,23,32H,17H2,1-8H3,(H,29,35)(H,30,33). The minimum Gasteiger partial charge on any atom is -0.508 e. The summed E-state index contributed by atoms with van der Waals surface area (Å²) in [6.07, 6.45) is -0.507. The largest absolute Gasteiger partial charge is 0.508 e. The van der Waals surface area contributed by atoms with E-state index in [1.165, 1.54) is 18.0 Å². The fraction of sp³-hybridized carbons (Fsp3) is 0.464. The number of ether oxygens (including phenoxy) is 1. The zero-order valence-corrected chi connectivity index (χ0v) is 22.5. The molecule has 0 saturated heterocycles. The molecule has 3 N–H and O–H groups in total. The molecule has 2 aromatic carbocycles. The predicted octanol–water partition coefficient (Wildman–Crippen LogP) is 4.25. The molecule has 0 bridgehead atoms. The van der Waals surface area contributed by atoms with Crippen LogP contribution in [0.1, 0.15) is 64.3 Å². The lowest BCUT2D eigenvalue weighted by molar-refractivity contribution is -0.141. The van der Waals surface area contributed by atoms with Crippen molar-refractivity contribution in [3.8, 4) is 5.75 Å². The van der Waals surface area contributed by atoms with Crippen molar-refractivity contribution >= 4 is 17.9 Å². The van der Waals surface area contributed by atoms with Gasteiger partial charge in [-0.2, -0.15) is 0 Å². The van der Waals surface area contributed by atoms with E-state index in [9.17, 15) is 19.5 Å². The Labute approximate surface area is 214 Å². The second-order valence-electron chi connectivity index (χ2n) is 11.0. The van der Waals surface area contributed by atoms with Crippen molar-refractivity contribution < 1.29 is 24.2 Å². The highest BCUT2D eigenvalue weighted by Crippen LogP contribution is 2.27. The molecule has 196 valence electrons. The Kier molecular flexibility index (Phi) is 9.13. The first kappa shape index (κ1) is 28.7. The maximum atomic E-state index is 13.8. The smallest absolute Gasteiger partial charge is 0.408 e. The summed E-state index contributed by atoms with van der Waals surface area (Å²) < 4.78 is 5.40. The van der Waals surface area contributed by atoms with E-state index < -0.39 is 35.2 Å². The first-order valence-electron chi connectivity index (χ1n) is 12.0. The number of hydrogen-bond acceptors (Lipinski definition) is 5. The van der Waals surface area contributed by atoms with Crippen LogP contribution in [-0.4, -0.2) is 52.1 Å². The van der Waals surface area contributed by atoms with Crippen LogP contribution in [0.2, 0.25) is 0 Å². The van der Waals surface area contributed by atoms with Crippen LogP contribution in [0, 0.1) is 6.92 Å². The number of rotatable bonds is 7. The number of aryl methyl sites for hydroxylation is 1. The first-order chi connectivity index (χ1) is 16.6. The third-order valence-corrected chi connectivity index (χ3v) is 5.29. The SMILES string of the molecule is Cc1cc(C(C(=O)NC(C)(C)C)N(C)C(=O)C(Cc2ccccc2)NC(=O)OC(C)(C)C)ccc1O. The van der Waals surface area contributed by atoms with Crippen LogP contribution < -0.4 is 10.6 Å². The van der Waals surface area contributed by atoms with E-state index in [0.717, 1.165) is 5.56 Å². The molecule has 8 nitrogen and oxygen atoms in total. The predicted molar refractivity (Wildman–Crippen MR) is 140 cm³/mol. The fourth-order valence-electron chi connectivity index (χ4n) is 3.71. The van der Waals surface area contributed by atoms with Crippen LogP contribution in [0.3, 0.4) is 0 Å². The number of phenols is 1. The van der Waals surface area contributed by atoms with Gasteiger partial charge in [0.05, 0.1) is 0 Å². The molecule has 0 fully saturated rings. The first-order valence-corrected chi connectivity index (χ1v) is 12.0. The number of benzene rings is 2. The number of carbonyl (C=O) groups excluding carboxylic acids is 3. The normalized spacial score (nSPS) is 13.3. The maximum Gasteiger partial charge on any atom is 0.408 e. The minimum atomic E-state index is -0.991. The number of nitrogens with one attached hydrogen (secondary N) is 2. The summed E-state index contributed by atoms with van der Waals surface area (Å²) in [6.45, 7) is 12.5. The fourth-order valence-corrected chi connectivity index (χ4v) is 3.71. The summed E-state index contributed by atoms with van der Waals surface area (Å²) in [5, 5.41) is 15.6. The Balaban J connectivity index is 2.45. The molecule has 0 aliphatic heterocycles. The van der Waals surface area contributed by atoms with E-state index in [-0.39, 0.29) is 18.1 Å². The molecular formula is C28H39N3O5. The Bertz CT molecular complexity index is 1070. The molecule has 2 aromatic rings. The van der Waals surface area contributed by atoms with Gasteiger partial charge in [0, 0.05) is 19.0 Å². The maximum absolute atomic E-state index is 13.8. The van der Waals surface area contributed by atoms with Gasteiger partial charge in [0.1, 0.15) is 23.4 Å². The van der Waals surface area contributed by atoms with Gasteiger partial charge in [0.2, 0.25) is 11.8 Å². The van der Waals surface area contributed by atoms with Crippen molar-refractivity contribution in [2.24, 2.45) is 0 Å². The zero-order chi connectivity index (χ0) is 27.3. The molecule has 2 unspecified atom stereocenters. The van der Waals surface area contributed by atoms with Crippen molar-refractivity contribution in [2.45, 2.75) is 78.1 Å². The van der Waals surface area contributed by atoms with Gasteiger partial charge in [0.15, 0.2) is 0 Å². The monoisotopic (exact) mass is 497 g/mol. The second-order valence-corrected chi connectivity index (χ2v) is 11.0. The summed E-state index contributed by atoms with van der Waals surface area (Å²) in [5.41, 5.74) is 0.683. The summed E-state index contributed by atoms with van der Waals surface area (Å²) in [5.74, 6) is -0.736. The highest BCUT2D eigenvalue weighted by molar-refractivity contribution is 5.92. The lowest BCUT2D eigenvalue weighted by Gasteiger charge is -2.33. The van der Waals surface area contributed by atoms with Gasteiger partial charge in [-0.15, -0.1) is 0 Å². The molecule has 0 heterocycles. The van der Waals surface area contributed by atoms with E-state index in [0.29, 0.717) is 11.1 Å². The van der Waals surface area contributed by atoms with Gasteiger partial charge >= 0.3 is 6.09 Å². The summed E-state index contributed by atoms with van der Waals surface area (Å²) in [4.78, 5) is 41.2. The lowest BCUT2D eigenvalue weighted by Crippen LogP contribution is -2.54. The van der Waals surface area contributed by atoms with Crippen LogP contribution in [0.15, 0.2) is 48.5 Å². The quantitative estimate of drug-likeness (QED) is 0.530. The van der Waals surface area contributed by atoms with Crippen molar-refractivity contribution in [2.75, 3.05) is 7.05 Å². The van der Waals surface area contributed by atoms with Crippen LogP contribution in [0.5, 0.6) is 5.75 Å². The van der Waals surface area contributed by atoms with Crippen LogP contribution >= 0.6 is 0 Å². The van der Waals surface area contributed by atoms with Crippen LogP contribution in [0.4, 0.5) is 4.79 Å². The van der Waals surface area contributed by atoms with Crippen molar-refractivity contribution in [1.29, 1.82) is 0 Å². The number of alkyl carbamates (subject to hydrolysis) is 1. The molecule has 2 atom stereocenters. The molecule has 2 rings (SSSR count). The lowest BCUT2D eigenvalue weighted by atomic mass is 9.98. The molecule has 0 aromatic heterocycles. The Morgan fingerprint density at radius 1 is 1.00 bits per heavy atom. The Hall–Kier alpha value is -3.55. The molecule has 0 spiro atoms. The number of carbonyl (C=O) groups is 3. The van der Waals surface area contributed by atoms with Gasteiger partial charge in [-0.25, -0.2) is 4.79 Å². The number of phenolic OH excluding ortho intramolecular Hbond substituents is 1. The van der Waals surface area contributed by atoms with Gasteiger partial charge in [-0.3, -0.25) is 9.59 Å². The molecule has 3 amide bonds. The molecule has 36 heavy (non-hydrogen) atoms. The van der Waals surface area contributed by atoms with Crippen molar-refractivity contribution in [1.82, 2.24) is 15.5 Å². The molecule has 0 saturated carbocycles. The average Bonchev–Trinajstić information content (AvgIpc) is 2.73. The number of amides is 3. The van der Waals surface area contributed by atoms with Crippen LogP contribution in [0.25, 0.3) is 0 Å². The van der Waals surface area contributed by atoms with Gasteiger partial charge in [0.25, 0.3) is 0 Å². The average molecular weight is 498 g/mol. The zero-order valence-electron chi connectivity index (χ0n) is 22.5. The van der Waals surface area contributed by atoms with E-state index in [2.05, 4.69) is 10.6 Å². The molecule has 8 heteroatoms. The Morgan fingerprint density at radius 3 is 2.14 bits per heavy atom. The molecule has 0 aliphatic rings. The highest BCUT2D eigenvalue weighted by Gasteiger charge is 2.35. The number of aromatic hydroxyl groups is 1. The second kappa shape index (κ2) is 11.5. The van der Waals surface area contributed by atoms with E-state index in [1.54, 1.807) is 39.8 Å². The van der Waals surface area contributed by atoms with Crippen LogP contribution in [-0.2, 0) is 20.7 Å².